The van der Waals surface area contributed by atoms with E-state index in [0.717, 1.165) is 0 Å². The minimum atomic E-state index is -4.60. The van der Waals surface area contributed by atoms with Crippen molar-refractivity contribution in [3.63, 3.8) is 0 Å². The van der Waals surface area contributed by atoms with Crippen molar-refractivity contribution in [1.82, 2.24) is 10.6 Å². The Morgan fingerprint density at radius 3 is 2.56 bits per heavy atom. The summed E-state index contributed by atoms with van der Waals surface area (Å²) < 4.78 is 33.3. The highest BCUT2D eigenvalue weighted by Gasteiger charge is 2.38. The van der Waals surface area contributed by atoms with E-state index in [-0.39, 0.29) is 12.5 Å². The first-order valence-corrected chi connectivity index (χ1v) is 6.55. The molecule has 1 aliphatic rings. The molecule has 0 saturated carbocycles. The summed E-state index contributed by atoms with van der Waals surface area (Å²) in [5.41, 5.74) is 0. The van der Waals surface area contributed by atoms with Crippen molar-refractivity contribution in [2.45, 2.75) is 31.2 Å². The molecule has 5 N–H and O–H groups in total. The third-order valence-corrected chi connectivity index (χ3v) is 2.99. The van der Waals surface area contributed by atoms with E-state index in [0.29, 0.717) is 0 Å². The number of hydrogen-bond acceptors (Lipinski definition) is 7. The highest BCUT2D eigenvalue weighted by atomic mass is 32.3. The van der Waals surface area contributed by atoms with Gasteiger partial charge in [0, 0.05) is 13.5 Å². The number of carbonyl (C=O) groups excluding carboxylic acids is 1. The molecule has 1 saturated heterocycles. The Morgan fingerprint density at radius 1 is 1.44 bits per heavy atom. The van der Waals surface area contributed by atoms with E-state index in [1.165, 1.54) is 6.92 Å². The van der Waals surface area contributed by atoms with Gasteiger partial charge in [-0.3, -0.25) is 9.35 Å². The number of carbonyl (C=O) groups is 1. The van der Waals surface area contributed by atoms with Crippen LogP contribution in [-0.4, -0.2) is 66.5 Å². The molecule has 0 aromatic rings. The van der Waals surface area contributed by atoms with Crippen molar-refractivity contribution < 1.29 is 32.2 Å². The molecule has 18 heavy (non-hydrogen) atoms. The molecule has 1 amide bonds. The molecule has 1 aliphatic heterocycles. The predicted molar refractivity (Wildman–Crippen MR) is 58.9 cm³/mol. The van der Waals surface area contributed by atoms with Crippen LogP contribution in [0.4, 0.5) is 0 Å². The Balaban J connectivity index is 2.55. The van der Waals surface area contributed by atoms with Crippen molar-refractivity contribution in [1.29, 1.82) is 0 Å². The van der Waals surface area contributed by atoms with Crippen LogP contribution in [-0.2, 0) is 19.4 Å². The van der Waals surface area contributed by atoms with Gasteiger partial charge in [-0.1, -0.05) is 0 Å². The van der Waals surface area contributed by atoms with Gasteiger partial charge in [0.05, 0.1) is 24.8 Å². The maximum absolute atomic E-state index is 10.8. The molecule has 4 atom stereocenters. The van der Waals surface area contributed by atoms with Gasteiger partial charge in [0.25, 0.3) is 0 Å². The standard InChI is InChI=1S/C8H16N2O7S/c1-4(11)10-5-2-9-6(8(13)7(5)12)3-17-18(14,15)16/h5-9,12-13H,2-3H2,1H3,(H,10,11)(H,14,15,16)/t5-,6+,7+,8+/m0/s1. The van der Waals surface area contributed by atoms with Gasteiger partial charge in [0.1, 0.15) is 6.10 Å². The lowest BCUT2D eigenvalue weighted by molar-refractivity contribution is -0.122. The van der Waals surface area contributed by atoms with Crippen LogP contribution in [0.1, 0.15) is 6.92 Å². The summed E-state index contributed by atoms with van der Waals surface area (Å²) in [7, 11) is -4.60. The monoisotopic (exact) mass is 284 g/mol. The fourth-order valence-corrected chi connectivity index (χ4v) is 2.03. The van der Waals surface area contributed by atoms with Gasteiger partial charge in [-0.2, -0.15) is 8.42 Å². The van der Waals surface area contributed by atoms with Gasteiger partial charge in [0.2, 0.25) is 5.91 Å². The molecule has 0 aromatic heterocycles. The molecule has 0 radical (unpaired) electrons. The van der Waals surface area contributed by atoms with Gasteiger partial charge in [-0.15, -0.1) is 0 Å². The van der Waals surface area contributed by atoms with E-state index in [4.69, 9.17) is 4.55 Å². The summed E-state index contributed by atoms with van der Waals surface area (Å²) in [5.74, 6) is -0.360. The Kier molecular flexibility index (Phi) is 5.01. The first-order chi connectivity index (χ1) is 8.20. The van der Waals surface area contributed by atoms with Gasteiger partial charge in [-0.05, 0) is 0 Å². The molecule has 1 fully saturated rings. The smallest absolute Gasteiger partial charge is 0.389 e. The van der Waals surface area contributed by atoms with Crippen LogP contribution >= 0.6 is 0 Å². The van der Waals surface area contributed by atoms with Crippen LogP contribution in [0.15, 0.2) is 0 Å². The van der Waals surface area contributed by atoms with E-state index in [2.05, 4.69) is 14.8 Å². The van der Waals surface area contributed by atoms with Gasteiger partial charge < -0.3 is 20.8 Å². The van der Waals surface area contributed by atoms with Gasteiger partial charge >= 0.3 is 10.4 Å². The van der Waals surface area contributed by atoms with Gasteiger partial charge in [0.15, 0.2) is 0 Å². The van der Waals surface area contributed by atoms with E-state index in [9.17, 15) is 23.4 Å². The number of rotatable bonds is 4. The molecule has 10 heteroatoms. The zero-order chi connectivity index (χ0) is 13.9. The summed E-state index contributed by atoms with van der Waals surface area (Å²) in [6.45, 7) is 0.883. The fourth-order valence-electron chi connectivity index (χ4n) is 1.71. The average Bonchev–Trinajstić information content (AvgIpc) is 2.22. The highest BCUT2D eigenvalue weighted by molar-refractivity contribution is 7.80. The topological polar surface area (TPSA) is 145 Å². The molecule has 1 heterocycles. The summed E-state index contributed by atoms with van der Waals surface area (Å²) >= 11 is 0. The van der Waals surface area contributed by atoms with Crippen LogP contribution in [0.25, 0.3) is 0 Å². The quantitative estimate of drug-likeness (QED) is 0.343. The number of aliphatic hydroxyl groups is 2. The van der Waals surface area contributed by atoms with Crippen molar-refractivity contribution >= 4 is 16.3 Å². The van der Waals surface area contributed by atoms with Crippen molar-refractivity contribution in [3.8, 4) is 0 Å². The highest BCUT2D eigenvalue weighted by Crippen LogP contribution is 2.11. The Morgan fingerprint density at radius 2 is 2.06 bits per heavy atom. The van der Waals surface area contributed by atoms with Crippen LogP contribution < -0.4 is 10.6 Å². The lowest BCUT2D eigenvalue weighted by atomic mass is 9.94. The van der Waals surface area contributed by atoms with Crippen molar-refractivity contribution in [3.05, 3.63) is 0 Å². The second-order valence-electron chi connectivity index (χ2n) is 4.02. The second-order valence-corrected chi connectivity index (χ2v) is 5.11. The van der Waals surface area contributed by atoms with Crippen LogP contribution in [0.3, 0.4) is 0 Å². The third-order valence-electron chi connectivity index (χ3n) is 2.56. The first-order valence-electron chi connectivity index (χ1n) is 5.19. The van der Waals surface area contributed by atoms with Crippen molar-refractivity contribution in [2.75, 3.05) is 13.2 Å². The first kappa shape index (κ1) is 15.3. The van der Waals surface area contributed by atoms with Crippen LogP contribution in [0.5, 0.6) is 0 Å². The lowest BCUT2D eigenvalue weighted by Gasteiger charge is -2.38. The molecule has 0 aromatic carbocycles. The summed E-state index contributed by atoms with van der Waals surface area (Å²) in [4.78, 5) is 10.8. The van der Waals surface area contributed by atoms with Crippen molar-refractivity contribution in [2.24, 2.45) is 0 Å². The zero-order valence-electron chi connectivity index (χ0n) is 9.61. The molecular weight excluding hydrogens is 268 g/mol. The van der Waals surface area contributed by atoms with Crippen LogP contribution in [0, 0.1) is 0 Å². The molecule has 0 unspecified atom stereocenters. The Hall–Kier alpha value is -0.780. The van der Waals surface area contributed by atoms with Crippen LogP contribution in [0.2, 0.25) is 0 Å². The van der Waals surface area contributed by atoms with Gasteiger partial charge in [-0.25, -0.2) is 4.18 Å². The van der Waals surface area contributed by atoms with E-state index in [1.54, 1.807) is 0 Å². The summed E-state index contributed by atoms with van der Waals surface area (Å²) in [6.07, 6.45) is -2.59. The number of piperidine rings is 1. The summed E-state index contributed by atoms with van der Waals surface area (Å²) in [6, 6.07) is -1.55. The minimum Gasteiger partial charge on any atom is -0.389 e. The largest absolute Gasteiger partial charge is 0.397 e. The molecule has 1 rings (SSSR count). The average molecular weight is 284 g/mol. The van der Waals surface area contributed by atoms with E-state index < -0.39 is 41.3 Å². The second kappa shape index (κ2) is 5.91. The minimum absolute atomic E-state index is 0.136. The SMILES string of the molecule is CC(=O)N[C@H]1CN[C@H](COS(=O)(=O)O)[C@@H](O)[C@@H]1O. The molecule has 0 spiro atoms. The molecule has 106 valence electrons. The number of hydrogen-bond donors (Lipinski definition) is 5. The zero-order valence-corrected chi connectivity index (χ0v) is 10.4. The molecule has 0 aliphatic carbocycles. The molecule has 9 nitrogen and oxygen atoms in total. The number of aliphatic hydroxyl groups excluding tert-OH is 2. The van der Waals surface area contributed by atoms with E-state index in [1.807, 2.05) is 0 Å². The maximum atomic E-state index is 10.8. The fraction of sp³-hybridized carbons (Fsp3) is 0.875. The predicted octanol–water partition coefficient (Wildman–Crippen LogP) is -3.00. The molecule has 0 bridgehead atoms. The number of amides is 1. The maximum Gasteiger partial charge on any atom is 0.397 e. The normalized spacial score (nSPS) is 33.1. The van der Waals surface area contributed by atoms with E-state index >= 15 is 0 Å². The summed E-state index contributed by atoms with van der Waals surface area (Å²) in [5, 5.41) is 24.5. The number of nitrogens with one attached hydrogen (secondary N) is 2. The Labute approximate surface area is 104 Å². The molecular formula is C8H16N2O7S. The Bertz CT molecular complexity index is 398. The third kappa shape index (κ3) is 4.48. The lowest BCUT2D eigenvalue weighted by Crippen LogP contribution is -2.65.